The van der Waals surface area contributed by atoms with Crippen LogP contribution in [0.1, 0.15) is 29.9 Å². The number of rotatable bonds is 9. The summed E-state index contributed by atoms with van der Waals surface area (Å²) < 4.78 is 21.4. The minimum atomic E-state index is -0.0429. The lowest BCUT2D eigenvalue weighted by Gasteiger charge is -2.21. The van der Waals surface area contributed by atoms with E-state index in [0.29, 0.717) is 37.1 Å². The molecule has 7 heteroatoms. The lowest BCUT2D eigenvalue weighted by Crippen LogP contribution is -2.33. The molecule has 7 nitrogen and oxygen atoms in total. The third-order valence-corrected chi connectivity index (χ3v) is 4.53. The summed E-state index contributed by atoms with van der Waals surface area (Å²) in [6, 6.07) is 9.47. The van der Waals surface area contributed by atoms with Crippen LogP contribution in [0.25, 0.3) is 0 Å². The summed E-state index contributed by atoms with van der Waals surface area (Å²) in [7, 11) is 1.63. The van der Waals surface area contributed by atoms with Gasteiger partial charge in [0, 0.05) is 25.8 Å². The SMILES string of the molecule is COc1cccc(COCc2cc(CC(=O)NCC3CCOCC3)no2)c1. The van der Waals surface area contributed by atoms with E-state index in [-0.39, 0.29) is 12.3 Å². The highest BCUT2D eigenvalue weighted by Gasteiger charge is 2.15. The molecule has 1 aliphatic rings. The second kappa shape index (κ2) is 10.1. The van der Waals surface area contributed by atoms with Crippen molar-refractivity contribution in [1.82, 2.24) is 10.5 Å². The van der Waals surface area contributed by atoms with Crippen LogP contribution in [-0.4, -0.2) is 37.9 Å². The van der Waals surface area contributed by atoms with E-state index in [0.717, 1.165) is 37.4 Å². The van der Waals surface area contributed by atoms with E-state index in [1.54, 1.807) is 13.2 Å². The number of amides is 1. The van der Waals surface area contributed by atoms with Gasteiger partial charge < -0.3 is 24.1 Å². The Bertz CT molecular complexity index is 725. The first-order valence-electron chi connectivity index (χ1n) is 9.22. The molecule has 0 unspecified atom stereocenters. The number of nitrogens with zero attached hydrogens (tertiary/aromatic N) is 1. The van der Waals surface area contributed by atoms with Gasteiger partial charge in [0.05, 0.1) is 25.8 Å². The van der Waals surface area contributed by atoms with Crippen molar-refractivity contribution in [3.05, 3.63) is 47.3 Å². The largest absolute Gasteiger partial charge is 0.497 e. The second-order valence-electron chi connectivity index (χ2n) is 6.67. The highest BCUT2D eigenvalue weighted by atomic mass is 16.5. The van der Waals surface area contributed by atoms with Crippen LogP contribution in [0, 0.1) is 5.92 Å². The molecule has 1 aromatic heterocycles. The summed E-state index contributed by atoms with van der Waals surface area (Å²) in [5.74, 6) is 1.86. The number of ether oxygens (including phenoxy) is 3. The van der Waals surface area contributed by atoms with Gasteiger partial charge in [-0.3, -0.25) is 4.79 Å². The van der Waals surface area contributed by atoms with Gasteiger partial charge in [-0.15, -0.1) is 0 Å². The Kier molecular flexibility index (Phi) is 7.24. The lowest BCUT2D eigenvalue weighted by molar-refractivity contribution is -0.120. The van der Waals surface area contributed by atoms with Crippen molar-refractivity contribution in [3.8, 4) is 5.75 Å². The molecule has 1 amide bonds. The summed E-state index contributed by atoms with van der Waals surface area (Å²) in [6.45, 7) is 3.00. The van der Waals surface area contributed by atoms with E-state index >= 15 is 0 Å². The zero-order valence-electron chi connectivity index (χ0n) is 15.6. The summed E-state index contributed by atoms with van der Waals surface area (Å²) in [5, 5.41) is 6.91. The molecular formula is C20H26N2O5. The lowest BCUT2D eigenvalue weighted by atomic mass is 10.0. The fourth-order valence-corrected chi connectivity index (χ4v) is 2.97. The van der Waals surface area contributed by atoms with Gasteiger partial charge in [-0.1, -0.05) is 17.3 Å². The van der Waals surface area contributed by atoms with Crippen molar-refractivity contribution in [1.29, 1.82) is 0 Å². The summed E-state index contributed by atoms with van der Waals surface area (Å²) >= 11 is 0. The van der Waals surface area contributed by atoms with Crippen molar-refractivity contribution in [2.24, 2.45) is 5.92 Å². The van der Waals surface area contributed by atoms with Crippen molar-refractivity contribution in [3.63, 3.8) is 0 Å². The van der Waals surface area contributed by atoms with Crippen molar-refractivity contribution >= 4 is 5.91 Å². The monoisotopic (exact) mass is 374 g/mol. The van der Waals surface area contributed by atoms with E-state index in [1.807, 2.05) is 24.3 Å². The molecule has 27 heavy (non-hydrogen) atoms. The second-order valence-corrected chi connectivity index (χ2v) is 6.67. The molecule has 1 fully saturated rings. The van der Waals surface area contributed by atoms with Crippen LogP contribution in [-0.2, 0) is 33.9 Å². The maximum Gasteiger partial charge on any atom is 0.226 e. The Hall–Kier alpha value is -2.38. The standard InChI is InChI=1S/C20H26N2O5/c1-24-18-4-2-3-16(9-18)13-26-14-19-10-17(22-27-19)11-20(23)21-12-15-5-7-25-8-6-15/h2-4,9-10,15H,5-8,11-14H2,1H3,(H,21,23). The number of carbonyl (C=O) groups excluding carboxylic acids is 1. The summed E-state index contributed by atoms with van der Waals surface area (Å²) in [4.78, 5) is 12.1. The van der Waals surface area contributed by atoms with Gasteiger partial charge in [0.15, 0.2) is 5.76 Å². The number of hydrogen-bond donors (Lipinski definition) is 1. The quantitative estimate of drug-likeness (QED) is 0.726. The van der Waals surface area contributed by atoms with Gasteiger partial charge in [0.1, 0.15) is 12.4 Å². The minimum Gasteiger partial charge on any atom is -0.497 e. The van der Waals surface area contributed by atoms with Crippen molar-refractivity contribution in [2.75, 3.05) is 26.9 Å². The molecule has 0 spiro atoms. The molecule has 2 aromatic rings. The van der Waals surface area contributed by atoms with Crippen molar-refractivity contribution in [2.45, 2.75) is 32.5 Å². The van der Waals surface area contributed by atoms with E-state index in [9.17, 15) is 4.79 Å². The van der Waals surface area contributed by atoms with Gasteiger partial charge in [-0.05, 0) is 36.5 Å². The number of benzene rings is 1. The molecule has 1 aromatic carbocycles. The van der Waals surface area contributed by atoms with Gasteiger partial charge in [-0.25, -0.2) is 0 Å². The molecule has 1 aliphatic heterocycles. The predicted octanol–water partition coefficient (Wildman–Crippen LogP) is 2.49. The van der Waals surface area contributed by atoms with E-state index < -0.39 is 0 Å². The number of methoxy groups -OCH3 is 1. The van der Waals surface area contributed by atoms with E-state index in [2.05, 4.69) is 10.5 Å². The molecule has 146 valence electrons. The van der Waals surface area contributed by atoms with Crippen LogP contribution in [0.3, 0.4) is 0 Å². The number of hydrogen-bond acceptors (Lipinski definition) is 6. The summed E-state index contributed by atoms with van der Waals surface area (Å²) in [5.41, 5.74) is 1.63. The molecule has 0 radical (unpaired) electrons. The Morgan fingerprint density at radius 2 is 2.11 bits per heavy atom. The molecule has 1 N–H and O–H groups in total. The summed E-state index contributed by atoms with van der Waals surface area (Å²) in [6.07, 6.45) is 2.21. The van der Waals surface area contributed by atoms with Crippen molar-refractivity contribution < 1.29 is 23.5 Å². The van der Waals surface area contributed by atoms with Crippen LogP contribution in [0.2, 0.25) is 0 Å². The molecule has 0 saturated carbocycles. The zero-order valence-corrected chi connectivity index (χ0v) is 15.6. The maximum absolute atomic E-state index is 12.1. The number of aromatic nitrogens is 1. The average Bonchev–Trinajstić information content (AvgIpc) is 3.14. The molecule has 1 saturated heterocycles. The molecule has 0 aliphatic carbocycles. The highest BCUT2D eigenvalue weighted by Crippen LogP contribution is 2.15. The van der Waals surface area contributed by atoms with Gasteiger partial charge in [0.25, 0.3) is 0 Å². The number of carbonyl (C=O) groups is 1. The first-order valence-corrected chi connectivity index (χ1v) is 9.22. The zero-order chi connectivity index (χ0) is 18.9. The third kappa shape index (κ3) is 6.37. The predicted molar refractivity (Wildman–Crippen MR) is 98.2 cm³/mol. The molecule has 2 heterocycles. The fourth-order valence-electron chi connectivity index (χ4n) is 2.97. The van der Waals surface area contributed by atoms with Crippen LogP contribution in [0.4, 0.5) is 0 Å². The van der Waals surface area contributed by atoms with Gasteiger partial charge in [0.2, 0.25) is 5.91 Å². The Balaban J connectivity index is 1.38. The van der Waals surface area contributed by atoms with Gasteiger partial charge in [-0.2, -0.15) is 0 Å². The van der Waals surface area contributed by atoms with Crippen LogP contribution < -0.4 is 10.1 Å². The highest BCUT2D eigenvalue weighted by molar-refractivity contribution is 5.78. The van der Waals surface area contributed by atoms with E-state index in [4.69, 9.17) is 18.7 Å². The Morgan fingerprint density at radius 3 is 2.93 bits per heavy atom. The minimum absolute atomic E-state index is 0.0429. The van der Waals surface area contributed by atoms with Crippen LogP contribution >= 0.6 is 0 Å². The fraction of sp³-hybridized carbons (Fsp3) is 0.500. The number of nitrogens with one attached hydrogen (secondary N) is 1. The average molecular weight is 374 g/mol. The molecule has 0 atom stereocenters. The first-order chi connectivity index (χ1) is 13.2. The first kappa shape index (κ1) is 19.4. The topological polar surface area (TPSA) is 82.8 Å². The molecule has 0 bridgehead atoms. The Morgan fingerprint density at radius 1 is 1.26 bits per heavy atom. The molecular weight excluding hydrogens is 348 g/mol. The maximum atomic E-state index is 12.1. The van der Waals surface area contributed by atoms with E-state index in [1.165, 1.54) is 0 Å². The third-order valence-electron chi connectivity index (χ3n) is 4.53. The van der Waals surface area contributed by atoms with Crippen LogP contribution in [0.15, 0.2) is 34.9 Å². The Labute approximate surface area is 159 Å². The van der Waals surface area contributed by atoms with Gasteiger partial charge >= 0.3 is 0 Å². The normalized spacial score (nSPS) is 14.9. The van der Waals surface area contributed by atoms with Crippen LogP contribution in [0.5, 0.6) is 5.75 Å². The molecule has 3 rings (SSSR count). The smallest absolute Gasteiger partial charge is 0.226 e.